The van der Waals surface area contributed by atoms with Gasteiger partial charge in [0.1, 0.15) is 0 Å². The molecule has 106 valence electrons. The third-order valence-corrected chi connectivity index (χ3v) is 3.70. The summed E-state index contributed by atoms with van der Waals surface area (Å²) in [6.45, 7) is 6.96. The Kier molecular flexibility index (Phi) is 5.70. The summed E-state index contributed by atoms with van der Waals surface area (Å²) < 4.78 is 37.8. The Labute approximate surface area is 108 Å². The number of nitrogens with one attached hydrogen (secondary N) is 1. The van der Waals surface area contributed by atoms with E-state index in [0.717, 1.165) is 6.54 Å². The summed E-state index contributed by atoms with van der Waals surface area (Å²) in [7, 11) is 0. The van der Waals surface area contributed by atoms with E-state index >= 15 is 0 Å². The molecular weight excluding hydrogens is 239 g/mol. The zero-order valence-electron chi connectivity index (χ0n) is 11.5. The smallest absolute Gasteiger partial charge is 0.311 e. The van der Waals surface area contributed by atoms with E-state index in [-0.39, 0.29) is 18.9 Å². The first kappa shape index (κ1) is 15.5. The summed E-state index contributed by atoms with van der Waals surface area (Å²) >= 11 is 0. The molecule has 1 N–H and O–H groups in total. The minimum atomic E-state index is -4.00. The van der Waals surface area contributed by atoms with Gasteiger partial charge < -0.3 is 5.32 Å². The van der Waals surface area contributed by atoms with Gasteiger partial charge in [0, 0.05) is 6.04 Å². The molecule has 1 unspecified atom stereocenters. The Hall–Kier alpha value is -0.510. The van der Waals surface area contributed by atoms with Crippen molar-refractivity contribution in [3.8, 4) is 0 Å². The van der Waals surface area contributed by atoms with E-state index in [1.54, 1.807) is 0 Å². The van der Waals surface area contributed by atoms with Gasteiger partial charge in [-0.05, 0) is 52.0 Å². The van der Waals surface area contributed by atoms with Crippen LogP contribution in [0.3, 0.4) is 0 Å². The van der Waals surface area contributed by atoms with Crippen molar-refractivity contribution in [2.75, 3.05) is 6.54 Å². The molecule has 0 aromatic heterocycles. The van der Waals surface area contributed by atoms with Gasteiger partial charge in [0.15, 0.2) is 0 Å². The third kappa shape index (κ3) is 4.63. The summed E-state index contributed by atoms with van der Waals surface area (Å²) in [5.41, 5.74) is 1.22. The van der Waals surface area contributed by atoms with E-state index < -0.39 is 12.1 Å². The molecule has 0 aromatic rings. The molecule has 0 saturated heterocycles. The lowest BCUT2D eigenvalue weighted by molar-refractivity contribution is -0.184. The second-order valence-electron chi connectivity index (χ2n) is 5.48. The summed E-state index contributed by atoms with van der Waals surface area (Å²) in [6.07, 6.45) is 0.0633. The minimum Gasteiger partial charge on any atom is -0.311 e. The summed E-state index contributed by atoms with van der Waals surface area (Å²) in [5, 5.41) is 3.38. The van der Waals surface area contributed by atoms with Crippen LogP contribution in [0.15, 0.2) is 11.6 Å². The van der Waals surface area contributed by atoms with Gasteiger partial charge in [-0.1, -0.05) is 18.6 Å². The molecule has 0 spiro atoms. The lowest BCUT2D eigenvalue weighted by atomic mass is 9.78. The first-order valence-electron chi connectivity index (χ1n) is 6.79. The lowest BCUT2D eigenvalue weighted by Gasteiger charge is -2.34. The van der Waals surface area contributed by atoms with Crippen molar-refractivity contribution in [3.05, 3.63) is 11.6 Å². The molecule has 0 aromatic carbocycles. The van der Waals surface area contributed by atoms with Crippen LogP contribution in [0, 0.1) is 11.8 Å². The fraction of sp³-hybridized carbons (Fsp3) is 0.857. The number of likely N-dealkylation sites (N-methyl/N-ethyl adjacent to an activating group) is 1. The maximum absolute atomic E-state index is 12.6. The molecule has 0 amide bonds. The van der Waals surface area contributed by atoms with Crippen LogP contribution in [-0.2, 0) is 0 Å². The molecule has 1 atom stereocenters. The number of halogens is 3. The van der Waals surface area contributed by atoms with Crippen LogP contribution in [0.1, 0.15) is 46.5 Å². The molecule has 0 aliphatic heterocycles. The van der Waals surface area contributed by atoms with E-state index in [1.807, 2.05) is 20.8 Å². The van der Waals surface area contributed by atoms with Crippen molar-refractivity contribution in [1.29, 1.82) is 0 Å². The summed E-state index contributed by atoms with van der Waals surface area (Å²) in [5.74, 6) is -0.735. The Morgan fingerprint density at radius 3 is 2.17 bits per heavy atom. The molecule has 1 aliphatic carbocycles. The molecule has 18 heavy (non-hydrogen) atoms. The molecule has 0 heterocycles. The predicted octanol–water partition coefficient (Wildman–Crippen LogP) is 4.30. The Morgan fingerprint density at radius 2 is 1.78 bits per heavy atom. The normalized spacial score (nSPS) is 26.8. The average Bonchev–Trinajstić information content (AvgIpc) is 2.27. The van der Waals surface area contributed by atoms with E-state index in [1.165, 1.54) is 5.57 Å². The maximum atomic E-state index is 12.6. The molecule has 0 bridgehead atoms. The Morgan fingerprint density at radius 1 is 1.22 bits per heavy atom. The fourth-order valence-electron chi connectivity index (χ4n) is 2.76. The first-order valence-corrected chi connectivity index (χ1v) is 6.79. The van der Waals surface area contributed by atoms with Crippen LogP contribution in [-0.4, -0.2) is 18.8 Å². The van der Waals surface area contributed by atoms with Gasteiger partial charge in [0.25, 0.3) is 0 Å². The van der Waals surface area contributed by atoms with Gasteiger partial charge in [-0.2, -0.15) is 13.2 Å². The molecular formula is C14H24F3N. The van der Waals surface area contributed by atoms with Crippen molar-refractivity contribution < 1.29 is 13.2 Å². The van der Waals surface area contributed by atoms with Crippen molar-refractivity contribution >= 4 is 0 Å². The van der Waals surface area contributed by atoms with Crippen LogP contribution in [0.4, 0.5) is 13.2 Å². The summed E-state index contributed by atoms with van der Waals surface area (Å²) in [4.78, 5) is 0. The highest BCUT2D eigenvalue weighted by Gasteiger charge is 2.42. The molecule has 1 nitrogen and oxygen atoms in total. The lowest BCUT2D eigenvalue weighted by Crippen LogP contribution is -2.38. The van der Waals surface area contributed by atoms with Crippen LogP contribution in [0.2, 0.25) is 0 Å². The van der Waals surface area contributed by atoms with Crippen LogP contribution >= 0.6 is 0 Å². The SMILES string of the molecule is CCNC(C=C(C)C)C1CCC(C(F)(F)F)CC1. The third-order valence-electron chi connectivity index (χ3n) is 3.70. The fourth-order valence-corrected chi connectivity index (χ4v) is 2.76. The highest BCUT2D eigenvalue weighted by Crippen LogP contribution is 2.40. The zero-order chi connectivity index (χ0) is 13.8. The highest BCUT2D eigenvalue weighted by atomic mass is 19.4. The van der Waals surface area contributed by atoms with Crippen LogP contribution < -0.4 is 5.32 Å². The topological polar surface area (TPSA) is 12.0 Å². The number of rotatable bonds is 4. The van der Waals surface area contributed by atoms with Crippen molar-refractivity contribution in [2.24, 2.45) is 11.8 Å². The van der Waals surface area contributed by atoms with Crippen molar-refractivity contribution in [1.82, 2.24) is 5.32 Å². The van der Waals surface area contributed by atoms with Gasteiger partial charge in [-0.3, -0.25) is 0 Å². The van der Waals surface area contributed by atoms with Crippen LogP contribution in [0.5, 0.6) is 0 Å². The first-order chi connectivity index (χ1) is 8.34. The van der Waals surface area contributed by atoms with Gasteiger partial charge in [0.05, 0.1) is 5.92 Å². The van der Waals surface area contributed by atoms with E-state index in [4.69, 9.17) is 0 Å². The van der Waals surface area contributed by atoms with Gasteiger partial charge in [-0.15, -0.1) is 0 Å². The number of allylic oxidation sites excluding steroid dienone is 1. The zero-order valence-corrected chi connectivity index (χ0v) is 11.5. The average molecular weight is 263 g/mol. The largest absolute Gasteiger partial charge is 0.391 e. The Bertz CT molecular complexity index is 271. The number of hydrogen-bond acceptors (Lipinski definition) is 1. The minimum absolute atomic E-state index is 0.231. The molecule has 1 rings (SSSR count). The van der Waals surface area contributed by atoms with E-state index in [9.17, 15) is 13.2 Å². The number of alkyl halides is 3. The standard InChI is InChI=1S/C14H24F3N/c1-4-18-13(9-10(2)3)11-5-7-12(8-6-11)14(15,16)17/h9,11-13,18H,4-8H2,1-3H3. The van der Waals surface area contributed by atoms with Crippen molar-refractivity contribution in [2.45, 2.75) is 58.7 Å². The predicted molar refractivity (Wildman–Crippen MR) is 68.4 cm³/mol. The summed E-state index contributed by atoms with van der Waals surface area (Å²) in [6, 6.07) is 0.231. The maximum Gasteiger partial charge on any atom is 0.391 e. The second kappa shape index (κ2) is 6.60. The van der Waals surface area contributed by atoms with Gasteiger partial charge in [0.2, 0.25) is 0 Å². The molecule has 0 radical (unpaired) electrons. The van der Waals surface area contributed by atoms with E-state index in [2.05, 4.69) is 11.4 Å². The second-order valence-corrected chi connectivity index (χ2v) is 5.48. The highest BCUT2D eigenvalue weighted by molar-refractivity contribution is 5.04. The van der Waals surface area contributed by atoms with Crippen molar-refractivity contribution in [3.63, 3.8) is 0 Å². The molecule has 1 saturated carbocycles. The quantitative estimate of drug-likeness (QED) is 0.746. The molecule has 1 aliphatic rings. The molecule has 1 fully saturated rings. The monoisotopic (exact) mass is 263 g/mol. The van der Waals surface area contributed by atoms with Gasteiger partial charge in [-0.25, -0.2) is 0 Å². The van der Waals surface area contributed by atoms with Crippen LogP contribution in [0.25, 0.3) is 0 Å². The number of hydrogen-bond donors (Lipinski definition) is 1. The van der Waals surface area contributed by atoms with E-state index in [0.29, 0.717) is 18.8 Å². The van der Waals surface area contributed by atoms with Gasteiger partial charge >= 0.3 is 6.18 Å². The Balaban J connectivity index is 2.56. The molecule has 4 heteroatoms.